The van der Waals surface area contributed by atoms with Crippen molar-refractivity contribution in [1.82, 2.24) is 4.31 Å². The standard InChI is InChI=1S/C20H22FNO4S/c1-26-20(23)14-15-5-4-6-16(13-15)19-7-2-3-12-22(19)27(24,25)18-10-8-17(21)9-11-18/h4-6,8-11,13,19H,2-3,7,12,14H2,1H3. The molecule has 1 aliphatic rings. The highest BCUT2D eigenvalue weighted by Crippen LogP contribution is 2.35. The van der Waals surface area contributed by atoms with E-state index in [-0.39, 0.29) is 23.3 Å². The third-order valence-corrected chi connectivity index (χ3v) is 6.71. The van der Waals surface area contributed by atoms with Gasteiger partial charge in [-0.05, 0) is 48.2 Å². The topological polar surface area (TPSA) is 63.7 Å². The van der Waals surface area contributed by atoms with E-state index >= 15 is 0 Å². The van der Waals surface area contributed by atoms with Crippen molar-refractivity contribution in [3.63, 3.8) is 0 Å². The van der Waals surface area contributed by atoms with Gasteiger partial charge in [-0.3, -0.25) is 4.79 Å². The lowest BCUT2D eigenvalue weighted by Crippen LogP contribution is -2.38. The number of methoxy groups -OCH3 is 1. The number of ether oxygens (including phenoxy) is 1. The minimum atomic E-state index is -3.74. The molecule has 0 bridgehead atoms. The number of halogens is 1. The fourth-order valence-electron chi connectivity index (χ4n) is 3.42. The zero-order chi connectivity index (χ0) is 19.4. The normalized spacial score (nSPS) is 18.2. The Balaban J connectivity index is 1.93. The monoisotopic (exact) mass is 391 g/mol. The zero-order valence-corrected chi connectivity index (χ0v) is 15.9. The SMILES string of the molecule is COC(=O)Cc1cccc(C2CCCCN2S(=O)(=O)c2ccc(F)cc2)c1. The van der Waals surface area contributed by atoms with Gasteiger partial charge in [-0.2, -0.15) is 4.31 Å². The number of hydrogen-bond donors (Lipinski definition) is 0. The molecule has 0 saturated carbocycles. The molecule has 1 heterocycles. The molecule has 1 saturated heterocycles. The number of sulfonamides is 1. The van der Waals surface area contributed by atoms with Gasteiger partial charge >= 0.3 is 5.97 Å². The first kappa shape index (κ1) is 19.5. The average Bonchev–Trinajstić information content (AvgIpc) is 2.68. The molecule has 0 N–H and O–H groups in total. The number of esters is 1. The lowest BCUT2D eigenvalue weighted by molar-refractivity contribution is -0.139. The van der Waals surface area contributed by atoms with Crippen LogP contribution in [0.4, 0.5) is 4.39 Å². The largest absolute Gasteiger partial charge is 0.469 e. The van der Waals surface area contributed by atoms with Crippen LogP contribution in [0.2, 0.25) is 0 Å². The summed E-state index contributed by atoms with van der Waals surface area (Å²) < 4.78 is 45.6. The first-order valence-corrected chi connectivity index (χ1v) is 10.3. The Labute approximate surface area is 158 Å². The number of carbonyl (C=O) groups is 1. The third kappa shape index (κ3) is 4.36. The highest BCUT2D eigenvalue weighted by molar-refractivity contribution is 7.89. The van der Waals surface area contributed by atoms with Gasteiger partial charge in [-0.25, -0.2) is 12.8 Å². The van der Waals surface area contributed by atoms with Gasteiger partial charge in [0.15, 0.2) is 0 Å². The van der Waals surface area contributed by atoms with Crippen LogP contribution in [0.5, 0.6) is 0 Å². The quantitative estimate of drug-likeness (QED) is 0.733. The third-order valence-electron chi connectivity index (χ3n) is 4.79. The zero-order valence-electron chi connectivity index (χ0n) is 15.1. The molecule has 1 aliphatic heterocycles. The van der Waals surface area contributed by atoms with Gasteiger partial charge in [0.2, 0.25) is 10.0 Å². The molecule has 144 valence electrons. The van der Waals surface area contributed by atoms with Crippen molar-refractivity contribution in [3.05, 3.63) is 65.5 Å². The second-order valence-corrected chi connectivity index (χ2v) is 8.47. The van der Waals surface area contributed by atoms with Crippen LogP contribution in [-0.4, -0.2) is 32.3 Å². The van der Waals surface area contributed by atoms with E-state index in [9.17, 15) is 17.6 Å². The molecule has 0 aromatic heterocycles. The summed E-state index contributed by atoms with van der Waals surface area (Å²) in [6.07, 6.45) is 2.53. The number of rotatable bonds is 5. The summed E-state index contributed by atoms with van der Waals surface area (Å²) in [7, 11) is -2.40. The Hall–Kier alpha value is -2.25. The number of hydrogen-bond acceptors (Lipinski definition) is 4. The van der Waals surface area contributed by atoms with Gasteiger partial charge in [0.05, 0.1) is 24.5 Å². The van der Waals surface area contributed by atoms with Gasteiger partial charge in [0.1, 0.15) is 5.82 Å². The molecular formula is C20H22FNO4S. The molecular weight excluding hydrogens is 369 g/mol. The van der Waals surface area contributed by atoms with E-state index in [0.717, 1.165) is 36.1 Å². The summed E-state index contributed by atoms with van der Waals surface area (Å²) in [5, 5.41) is 0. The molecule has 0 spiro atoms. The van der Waals surface area contributed by atoms with Crippen molar-refractivity contribution in [2.24, 2.45) is 0 Å². The van der Waals surface area contributed by atoms with Crippen molar-refractivity contribution in [3.8, 4) is 0 Å². The fourth-order valence-corrected chi connectivity index (χ4v) is 5.10. The van der Waals surface area contributed by atoms with Gasteiger partial charge in [0.25, 0.3) is 0 Å². The summed E-state index contributed by atoms with van der Waals surface area (Å²) in [4.78, 5) is 11.6. The number of benzene rings is 2. The van der Waals surface area contributed by atoms with Crippen molar-refractivity contribution >= 4 is 16.0 Å². The molecule has 27 heavy (non-hydrogen) atoms. The van der Waals surface area contributed by atoms with Gasteiger partial charge in [-0.1, -0.05) is 30.7 Å². The second-order valence-electron chi connectivity index (χ2n) is 6.58. The molecule has 0 aliphatic carbocycles. The Morgan fingerprint density at radius 2 is 1.93 bits per heavy atom. The highest BCUT2D eigenvalue weighted by Gasteiger charge is 2.34. The molecule has 1 fully saturated rings. The van der Waals surface area contributed by atoms with Crippen molar-refractivity contribution < 1.29 is 22.3 Å². The summed E-state index contributed by atoms with van der Waals surface area (Å²) in [5.74, 6) is -0.814. The van der Waals surface area contributed by atoms with Crippen LogP contribution < -0.4 is 0 Å². The molecule has 2 aromatic carbocycles. The van der Waals surface area contributed by atoms with Gasteiger partial charge < -0.3 is 4.74 Å². The Morgan fingerprint density at radius 1 is 1.19 bits per heavy atom. The lowest BCUT2D eigenvalue weighted by atomic mass is 9.95. The predicted molar refractivity (Wildman–Crippen MR) is 99.0 cm³/mol. The summed E-state index contributed by atoms with van der Waals surface area (Å²) in [6, 6.07) is 12.0. The van der Waals surface area contributed by atoms with Crippen LogP contribution in [0.3, 0.4) is 0 Å². The molecule has 2 aromatic rings. The van der Waals surface area contributed by atoms with E-state index in [1.54, 1.807) is 0 Å². The van der Waals surface area contributed by atoms with E-state index in [4.69, 9.17) is 4.74 Å². The fraction of sp³-hybridized carbons (Fsp3) is 0.350. The molecule has 0 amide bonds. The van der Waals surface area contributed by atoms with E-state index in [1.165, 1.54) is 23.5 Å². The van der Waals surface area contributed by atoms with E-state index in [2.05, 4.69) is 0 Å². The van der Waals surface area contributed by atoms with E-state index < -0.39 is 15.8 Å². The molecule has 5 nitrogen and oxygen atoms in total. The van der Waals surface area contributed by atoms with Crippen LogP contribution in [0, 0.1) is 5.82 Å². The Bertz CT molecular complexity index is 912. The molecule has 3 rings (SSSR count). The highest BCUT2D eigenvalue weighted by atomic mass is 32.2. The smallest absolute Gasteiger partial charge is 0.309 e. The van der Waals surface area contributed by atoms with Crippen LogP contribution in [0.1, 0.15) is 36.4 Å². The summed E-state index contributed by atoms with van der Waals surface area (Å²) in [5.41, 5.74) is 1.63. The van der Waals surface area contributed by atoms with Crippen LogP contribution in [0.15, 0.2) is 53.4 Å². The maximum Gasteiger partial charge on any atom is 0.309 e. The van der Waals surface area contributed by atoms with Crippen LogP contribution >= 0.6 is 0 Å². The Morgan fingerprint density at radius 3 is 2.63 bits per heavy atom. The molecule has 1 unspecified atom stereocenters. The van der Waals surface area contributed by atoms with Crippen molar-refractivity contribution in [1.29, 1.82) is 0 Å². The average molecular weight is 391 g/mol. The molecule has 0 radical (unpaired) electrons. The molecule has 1 atom stereocenters. The van der Waals surface area contributed by atoms with Gasteiger partial charge in [-0.15, -0.1) is 0 Å². The maximum atomic E-state index is 13.2. The predicted octanol–water partition coefficient (Wildman–Crippen LogP) is 3.46. The van der Waals surface area contributed by atoms with Crippen molar-refractivity contribution in [2.75, 3.05) is 13.7 Å². The second kappa shape index (κ2) is 8.19. The first-order chi connectivity index (χ1) is 12.9. The van der Waals surface area contributed by atoms with Crippen molar-refractivity contribution in [2.45, 2.75) is 36.6 Å². The number of piperidine rings is 1. The first-order valence-electron chi connectivity index (χ1n) is 8.85. The minimum Gasteiger partial charge on any atom is -0.469 e. The maximum absolute atomic E-state index is 13.2. The van der Waals surface area contributed by atoms with Crippen LogP contribution in [-0.2, 0) is 26.0 Å². The Kier molecular flexibility index (Phi) is 5.92. The molecule has 7 heteroatoms. The lowest BCUT2D eigenvalue weighted by Gasteiger charge is -2.35. The minimum absolute atomic E-state index is 0.0847. The van der Waals surface area contributed by atoms with E-state index in [1.807, 2.05) is 24.3 Å². The van der Waals surface area contributed by atoms with Gasteiger partial charge in [0, 0.05) is 6.54 Å². The van der Waals surface area contributed by atoms with E-state index in [0.29, 0.717) is 13.0 Å². The number of nitrogens with zero attached hydrogens (tertiary/aromatic N) is 1. The summed E-state index contributed by atoms with van der Waals surface area (Å²) in [6.45, 7) is 0.408. The van der Waals surface area contributed by atoms with Crippen LogP contribution in [0.25, 0.3) is 0 Å². The number of carbonyl (C=O) groups excluding carboxylic acids is 1. The summed E-state index contributed by atoms with van der Waals surface area (Å²) >= 11 is 0.